The van der Waals surface area contributed by atoms with E-state index in [0.29, 0.717) is 11.6 Å². The van der Waals surface area contributed by atoms with Gasteiger partial charge in [0.05, 0.1) is 11.4 Å². The molecule has 0 saturated heterocycles. The number of rotatable bonds is 2. The van der Waals surface area contributed by atoms with E-state index in [9.17, 15) is 0 Å². The molecule has 3 heteroatoms. The third kappa shape index (κ3) is 2.19. The summed E-state index contributed by atoms with van der Waals surface area (Å²) in [5.74, 6) is 0.541. The quantitative estimate of drug-likeness (QED) is 0.759. The van der Waals surface area contributed by atoms with Gasteiger partial charge >= 0.3 is 0 Å². The van der Waals surface area contributed by atoms with Crippen LogP contribution in [0.3, 0.4) is 0 Å². The highest BCUT2D eigenvalue weighted by atomic mass is 15.0. The molecule has 3 aromatic rings. The van der Waals surface area contributed by atoms with Crippen LogP contribution in [0.25, 0.3) is 16.9 Å². The highest BCUT2D eigenvalue weighted by Gasteiger charge is 2.13. The Balaban J connectivity index is 2.19. The van der Waals surface area contributed by atoms with Crippen LogP contribution in [-0.2, 0) is 0 Å². The minimum Gasteiger partial charge on any atom is -0.396 e. The van der Waals surface area contributed by atoms with Crippen LogP contribution in [0.4, 0.5) is 5.69 Å². The highest BCUT2D eigenvalue weighted by molar-refractivity contribution is 5.73. The number of benzene rings is 1. The van der Waals surface area contributed by atoms with Crippen molar-refractivity contribution in [1.82, 2.24) is 9.38 Å². The molecule has 0 fully saturated rings. The Morgan fingerprint density at radius 1 is 1.00 bits per heavy atom. The van der Waals surface area contributed by atoms with Gasteiger partial charge in [0.2, 0.25) is 0 Å². The molecule has 108 valence electrons. The van der Waals surface area contributed by atoms with Gasteiger partial charge in [0, 0.05) is 17.0 Å². The van der Waals surface area contributed by atoms with Crippen molar-refractivity contribution >= 4 is 11.3 Å². The summed E-state index contributed by atoms with van der Waals surface area (Å²) in [7, 11) is 0. The normalized spacial score (nSPS) is 11.5. The molecule has 0 bridgehead atoms. The smallest absolute Gasteiger partial charge is 0.161 e. The first kappa shape index (κ1) is 13.7. The molecular weight excluding hydrogens is 258 g/mol. The Bertz CT molecular complexity index is 795. The average molecular weight is 279 g/mol. The van der Waals surface area contributed by atoms with Crippen LogP contribution in [-0.4, -0.2) is 9.38 Å². The summed E-state index contributed by atoms with van der Waals surface area (Å²) < 4.78 is 2.13. The SMILES string of the molecule is Cc1ccc(N)c2nc(-c3ccc(C(C)C)cc3)c(C)n12. The molecule has 0 amide bonds. The lowest BCUT2D eigenvalue weighted by molar-refractivity contribution is 0.867. The average Bonchev–Trinajstić information content (AvgIpc) is 2.82. The van der Waals surface area contributed by atoms with E-state index >= 15 is 0 Å². The molecule has 2 heterocycles. The van der Waals surface area contributed by atoms with E-state index in [1.807, 2.05) is 12.1 Å². The molecule has 0 aliphatic carbocycles. The summed E-state index contributed by atoms with van der Waals surface area (Å²) in [6.45, 7) is 8.58. The number of imidazole rings is 1. The van der Waals surface area contributed by atoms with Gasteiger partial charge in [-0.05, 0) is 37.5 Å². The summed E-state index contributed by atoms with van der Waals surface area (Å²) in [6.07, 6.45) is 0. The molecule has 2 N–H and O–H groups in total. The monoisotopic (exact) mass is 279 g/mol. The first-order chi connectivity index (χ1) is 9.99. The lowest BCUT2D eigenvalue weighted by atomic mass is 10.0. The van der Waals surface area contributed by atoms with E-state index in [0.717, 1.165) is 28.3 Å². The van der Waals surface area contributed by atoms with Crippen LogP contribution in [0, 0.1) is 13.8 Å². The maximum Gasteiger partial charge on any atom is 0.161 e. The van der Waals surface area contributed by atoms with Gasteiger partial charge in [0.25, 0.3) is 0 Å². The van der Waals surface area contributed by atoms with Crippen LogP contribution < -0.4 is 5.73 Å². The van der Waals surface area contributed by atoms with Crippen molar-refractivity contribution < 1.29 is 0 Å². The van der Waals surface area contributed by atoms with E-state index in [-0.39, 0.29) is 0 Å². The topological polar surface area (TPSA) is 43.3 Å². The minimum absolute atomic E-state index is 0.541. The molecule has 3 nitrogen and oxygen atoms in total. The molecule has 0 radical (unpaired) electrons. The van der Waals surface area contributed by atoms with E-state index < -0.39 is 0 Å². The second-order valence-corrected chi connectivity index (χ2v) is 5.91. The third-order valence-electron chi connectivity index (χ3n) is 4.07. The van der Waals surface area contributed by atoms with Crippen LogP contribution in [0.2, 0.25) is 0 Å². The van der Waals surface area contributed by atoms with Crippen molar-refractivity contribution in [3.8, 4) is 11.3 Å². The van der Waals surface area contributed by atoms with Crippen molar-refractivity contribution in [3.05, 3.63) is 53.3 Å². The first-order valence-corrected chi connectivity index (χ1v) is 7.33. The predicted molar refractivity (Wildman–Crippen MR) is 88.6 cm³/mol. The number of hydrogen-bond acceptors (Lipinski definition) is 2. The van der Waals surface area contributed by atoms with Gasteiger partial charge in [-0.3, -0.25) is 4.40 Å². The van der Waals surface area contributed by atoms with Crippen molar-refractivity contribution in [1.29, 1.82) is 0 Å². The Labute approximate surface area is 125 Å². The Hall–Kier alpha value is -2.29. The number of anilines is 1. The maximum atomic E-state index is 6.07. The van der Waals surface area contributed by atoms with Crippen molar-refractivity contribution in [2.75, 3.05) is 5.73 Å². The molecule has 0 saturated carbocycles. The fraction of sp³-hybridized carbons (Fsp3) is 0.278. The third-order valence-corrected chi connectivity index (χ3v) is 4.07. The number of aryl methyl sites for hydroxylation is 2. The number of nitrogen functional groups attached to an aromatic ring is 1. The van der Waals surface area contributed by atoms with Crippen LogP contribution in [0.1, 0.15) is 36.7 Å². The van der Waals surface area contributed by atoms with Crippen molar-refractivity contribution in [2.24, 2.45) is 0 Å². The maximum absolute atomic E-state index is 6.07. The summed E-state index contributed by atoms with van der Waals surface area (Å²) in [5.41, 5.74) is 13.4. The van der Waals surface area contributed by atoms with Gasteiger partial charge in [-0.25, -0.2) is 4.98 Å². The van der Waals surface area contributed by atoms with Gasteiger partial charge in [-0.2, -0.15) is 0 Å². The zero-order valence-corrected chi connectivity index (χ0v) is 13.0. The highest BCUT2D eigenvalue weighted by Crippen LogP contribution is 2.28. The van der Waals surface area contributed by atoms with Crippen LogP contribution in [0.15, 0.2) is 36.4 Å². The first-order valence-electron chi connectivity index (χ1n) is 7.33. The molecular formula is C18H21N3. The Kier molecular flexibility index (Phi) is 3.20. The number of hydrogen-bond donors (Lipinski definition) is 1. The predicted octanol–water partition coefficient (Wildman–Crippen LogP) is 4.32. The van der Waals surface area contributed by atoms with Gasteiger partial charge < -0.3 is 5.73 Å². The summed E-state index contributed by atoms with van der Waals surface area (Å²) in [6, 6.07) is 12.6. The van der Waals surface area contributed by atoms with Crippen LogP contribution in [0.5, 0.6) is 0 Å². The molecule has 0 aliphatic rings. The van der Waals surface area contributed by atoms with Gasteiger partial charge in [-0.15, -0.1) is 0 Å². The van der Waals surface area contributed by atoms with Crippen LogP contribution >= 0.6 is 0 Å². The molecule has 0 spiro atoms. The molecule has 1 aromatic carbocycles. The molecule has 0 unspecified atom stereocenters. The number of fused-ring (bicyclic) bond motifs is 1. The van der Waals surface area contributed by atoms with Gasteiger partial charge in [0.1, 0.15) is 0 Å². The minimum atomic E-state index is 0.541. The number of nitrogens with zero attached hydrogens (tertiary/aromatic N) is 2. The van der Waals surface area contributed by atoms with E-state index in [4.69, 9.17) is 10.7 Å². The second-order valence-electron chi connectivity index (χ2n) is 5.91. The second kappa shape index (κ2) is 4.92. The lowest BCUT2D eigenvalue weighted by Gasteiger charge is -2.06. The summed E-state index contributed by atoms with van der Waals surface area (Å²) in [5, 5.41) is 0. The molecule has 0 aliphatic heterocycles. The van der Waals surface area contributed by atoms with Gasteiger partial charge in [0.15, 0.2) is 5.65 Å². The number of nitrogens with two attached hydrogens (primary N) is 1. The van der Waals surface area contributed by atoms with Crippen molar-refractivity contribution in [3.63, 3.8) is 0 Å². The van der Waals surface area contributed by atoms with E-state index in [1.165, 1.54) is 5.56 Å². The van der Waals surface area contributed by atoms with E-state index in [2.05, 4.69) is 56.4 Å². The molecule has 3 rings (SSSR count). The fourth-order valence-electron chi connectivity index (χ4n) is 2.79. The number of pyridine rings is 1. The zero-order chi connectivity index (χ0) is 15.1. The molecule has 21 heavy (non-hydrogen) atoms. The standard InChI is InChI=1S/C18H21N3/c1-11(2)14-6-8-15(9-7-14)17-13(4)21-12(3)5-10-16(19)18(21)20-17/h5-11H,19H2,1-4H3. The van der Waals surface area contributed by atoms with Gasteiger partial charge in [-0.1, -0.05) is 38.1 Å². The zero-order valence-electron chi connectivity index (χ0n) is 13.0. The largest absolute Gasteiger partial charge is 0.396 e. The molecule has 2 aromatic heterocycles. The Morgan fingerprint density at radius 2 is 1.67 bits per heavy atom. The molecule has 0 atom stereocenters. The van der Waals surface area contributed by atoms with E-state index in [1.54, 1.807) is 0 Å². The summed E-state index contributed by atoms with van der Waals surface area (Å²) in [4.78, 5) is 4.76. The van der Waals surface area contributed by atoms with Crippen molar-refractivity contribution in [2.45, 2.75) is 33.6 Å². The Morgan fingerprint density at radius 3 is 2.24 bits per heavy atom. The lowest BCUT2D eigenvalue weighted by Crippen LogP contribution is -1.97. The summed E-state index contributed by atoms with van der Waals surface area (Å²) >= 11 is 0. The fourth-order valence-corrected chi connectivity index (χ4v) is 2.79. The number of aromatic nitrogens is 2.